The van der Waals surface area contributed by atoms with Crippen LogP contribution in [0.25, 0.3) is 0 Å². The summed E-state index contributed by atoms with van der Waals surface area (Å²) in [6.07, 6.45) is 1.19. The molecule has 4 heteroatoms. The molecule has 0 heterocycles. The van der Waals surface area contributed by atoms with E-state index in [0.717, 1.165) is 11.7 Å². The molecule has 0 radical (unpaired) electrons. The first-order chi connectivity index (χ1) is 4.27. The van der Waals surface area contributed by atoms with Crippen LogP contribution >= 0.6 is 0 Å². The normalized spacial score (nSPS) is 8.33. The summed E-state index contributed by atoms with van der Waals surface area (Å²) in [5.74, 6) is -0.274. The number of nitrogens with two attached hydrogens (primary N) is 1. The SMILES string of the molecule is N#C[Se]CCCC(N)=O. The van der Waals surface area contributed by atoms with Crippen molar-refractivity contribution in [3.8, 4) is 4.97 Å². The predicted molar refractivity (Wildman–Crippen MR) is 34.6 cm³/mol. The summed E-state index contributed by atoms with van der Waals surface area (Å²) in [5.41, 5.74) is 4.86. The van der Waals surface area contributed by atoms with Crippen LogP contribution in [0.15, 0.2) is 0 Å². The van der Waals surface area contributed by atoms with Gasteiger partial charge in [-0.2, -0.15) is 0 Å². The molecule has 0 rings (SSSR count). The summed E-state index contributed by atoms with van der Waals surface area (Å²) in [7, 11) is 0. The molecule has 0 aromatic rings. The molecule has 0 aliphatic rings. The Kier molecular flexibility index (Phi) is 5.29. The van der Waals surface area contributed by atoms with Crippen LogP contribution in [0.5, 0.6) is 0 Å². The van der Waals surface area contributed by atoms with Gasteiger partial charge < -0.3 is 0 Å². The second-order valence-electron chi connectivity index (χ2n) is 1.51. The van der Waals surface area contributed by atoms with E-state index in [0.29, 0.717) is 6.42 Å². The van der Waals surface area contributed by atoms with E-state index < -0.39 is 0 Å². The fourth-order valence-corrected chi connectivity index (χ4v) is 1.16. The van der Waals surface area contributed by atoms with Gasteiger partial charge >= 0.3 is 59.8 Å². The number of amides is 1. The van der Waals surface area contributed by atoms with Gasteiger partial charge in [0.05, 0.1) is 0 Å². The van der Waals surface area contributed by atoms with Crippen molar-refractivity contribution in [1.82, 2.24) is 0 Å². The average Bonchev–Trinajstić information content (AvgIpc) is 1.80. The molecule has 1 amide bonds. The van der Waals surface area contributed by atoms with Gasteiger partial charge in [0.15, 0.2) is 0 Å². The van der Waals surface area contributed by atoms with Gasteiger partial charge in [0, 0.05) is 0 Å². The number of primary amides is 1. The Morgan fingerprint density at radius 1 is 1.78 bits per heavy atom. The Morgan fingerprint density at radius 3 is 2.89 bits per heavy atom. The molecule has 50 valence electrons. The maximum absolute atomic E-state index is 10.1. The van der Waals surface area contributed by atoms with E-state index >= 15 is 0 Å². The Balaban J connectivity index is 2.94. The molecule has 2 N–H and O–H groups in total. The molecule has 9 heavy (non-hydrogen) atoms. The molecule has 0 aliphatic carbocycles. The van der Waals surface area contributed by atoms with Crippen molar-refractivity contribution in [1.29, 1.82) is 5.26 Å². The molecular formula is C5H8N2OSe. The minimum atomic E-state index is -0.274. The molecule has 0 atom stereocenters. The van der Waals surface area contributed by atoms with Gasteiger partial charge in [0.25, 0.3) is 0 Å². The number of carbonyl (C=O) groups is 1. The van der Waals surface area contributed by atoms with Crippen molar-refractivity contribution in [2.24, 2.45) is 5.73 Å². The molecule has 0 fully saturated rings. The Hall–Kier alpha value is -0.521. The molecular weight excluding hydrogens is 183 g/mol. The van der Waals surface area contributed by atoms with Crippen molar-refractivity contribution in [3.63, 3.8) is 0 Å². The molecule has 0 aliphatic heterocycles. The maximum atomic E-state index is 10.1. The van der Waals surface area contributed by atoms with Crippen molar-refractivity contribution < 1.29 is 4.79 Å². The molecule has 0 saturated carbocycles. The molecule has 0 saturated heterocycles. The zero-order valence-electron chi connectivity index (χ0n) is 4.96. The van der Waals surface area contributed by atoms with E-state index in [1.54, 1.807) is 0 Å². The second-order valence-corrected chi connectivity index (χ2v) is 3.35. The van der Waals surface area contributed by atoms with Gasteiger partial charge in [-0.05, 0) is 0 Å². The first-order valence-electron chi connectivity index (χ1n) is 2.56. The first kappa shape index (κ1) is 8.48. The van der Waals surface area contributed by atoms with Gasteiger partial charge in [0.1, 0.15) is 0 Å². The molecule has 0 aromatic heterocycles. The van der Waals surface area contributed by atoms with Crippen molar-refractivity contribution in [3.05, 3.63) is 0 Å². The van der Waals surface area contributed by atoms with Gasteiger partial charge in [-0.3, -0.25) is 0 Å². The Labute approximate surface area is 60.4 Å². The van der Waals surface area contributed by atoms with Gasteiger partial charge in [-0.25, -0.2) is 0 Å². The molecule has 3 nitrogen and oxygen atoms in total. The van der Waals surface area contributed by atoms with Crippen LogP contribution in [0.4, 0.5) is 0 Å². The third-order valence-electron chi connectivity index (χ3n) is 0.734. The van der Waals surface area contributed by atoms with Gasteiger partial charge in [-0.15, -0.1) is 0 Å². The van der Waals surface area contributed by atoms with Crippen molar-refractivity contribution >= 4 is 20.9 Å². The van der Waals surface area contributed by atoms with Gasteiger partial charge in [0.2, 0.25) is 0 Å². The monoisotopic (exact) mass is 192 g/mol. The summed E-state index contributed by atoms with van der Waals surface area (Å²) in [4.78, 5) is 12.2. The van der Waals surface area contributed by atoms with Crippen LogP contribution in [0.2, 0.25) is 5.32 Å². The third-order valence-corrected chi connectivity index (χ3v) is 2.04. The fourth-order valence-electron chi connectivity index (χ4n) is 0.364. The standard InChI is InChI=1S/C5H8N2OSe/c6-4-9-3-1-2-5(7)8/h1-3H2,(H2,7,8). The van der Waals surface area contributed by atoms with Crippen LogP contribution in [-0.4, -0.2) is 20.9 Å². The molecule has 0 unspecified atom stereocenters. The number of nitriles is 1. The second kappa shape index (κ2) is 5.61. The molecule has 0 aromatic carbocycles. The fraction of sp³-hybridized carbons (Fsp3) is 0.600. The van der Waals surface area contributed by atoms with E-state index in [2.05, 4.69) is 4.97 Å². The number of nitrogens with zero attached hydrogens (tertiary/aromatic N) is 1. The molecule has 0 spiro atoms. The summed E-state index contributed by atoms with van der Waals surface area (Å²) in [5, 5.41) is 8.93. The molecule has 0 bridgehead atoms. The third kappa shape index (κ3) is 7.48. The van der Waals surface area contributed by atoms with Crippen LogP contribution in [0.1, 0.15) is 12.8 Å². The summed E-state index contributed by atoms with van der Waals surface area (Å²) in [6.45, 7) is 0. The van der Waals surface area contributed by atoms with Crippen molar-refractivity contribution in [2.75, 3.05) is 0 Å². The summed E-state index contributed by atoms with van der Waals surface area (Å²) < 4.78 is 0. The van der Waals surface area contributed by atoms with E-state index in [1.807, 2.05) is 0 Å². The van der Waals surface area contributed by atoms with Crippen LogP contribution < -0.4 is 5.73 Å². The van der Waals surface area contributed by atoms with Crippen LogP contribution in [0.3, 0.4) is 0 Å². The number of rotatable bonds is 4. The Bertz CT molecular complexity index is 129. The van der Waals surface area contributed by atoms with Crippen molar-refractivity contribution in [2.45, 2.75) is 18.2 Å². The quantitative estimate of drug-likeness (QED) is 0.496. The Morgan fingerprint density at radius 2 is 2.44 bits per heavy atom. The number of carbonyl (C=O) groups excluding carboxylic acids is 1. The topological polar surface area (TPSA) is 66.9 Å². The van der Waals surface area contributed by atoms with Gasteiger partial charge in [-0.1, -0.05) is 0 Å². The van der Waals surface area contributed by atoms with E-state index in [1.165, 1.54) is 0 Å². The zero-order chi connectivity index (χ0) is 7.11. The van der Waals surface area contributed by atoms with E-state index in [4.69, 9.17) is 11.0 Å². The summed E-state index contributed by atoms with van der Waals surface area (Å²) >= 11 is 0.0510. The van der Waals surface area contributed by atoms with E-state index in [-0.39, 0.29) is 20.9 Å². The van der Waals surface area contributed by atoms with Crippen LogP contribution in [0, 0.1) is 10.2 Å². The zero-order valence-corrected chi connectivity index (χ0v) is 6.68. The predicted octanol–water partition coefficient (Wildman–Crippen LogP) is -0.145. The van der Waals surface area contributed by atoms with Crippen LogP contribution in [-0.2, 0) is 4.79 Å². The average molecular weight is 191 g/mol. The first-order valence-corrected chi connectivity index (χ1v) is 4.63. The van der Waals surface area contributed by atoms with E-state index in [9.17, 15) is 4.79 Å². The number of hydrogen-bond acceptors (Lipinski definition) is 2. The minimum absolute atomic E-state index is 0.0510. The summed E-state index contributed by atoms with van der Waals surface area (Å²) in [6, 6.07) is 0. The number of hydrogen-bond donors (Lipinski definition) is 1.